The molecule has 5 rings (SSSR count). The van der Waals surface area contributed by atoms with Gasteiger partial charge in [0.1, 0.15) is 6.10 Å². The summed E-state index contributed by atoms with van der Waals surface area (Å²) >= 11 is 1.27. The van der Waals surface area contributed by atoms with Gasteiger partial charge in [-0.05, 0) is 43.3 Å². The van der Waals surface area contributed by atoms with Gasteiger partial charge in [-0.2, -0.15) is 0 Å². The first-order chi connectivity index (χ1) is 20.2. The second kappa shape index (κ2) is 12.6. The Hall–Kier alpha value is -4.48. The van der Waals surface area contributed by atoms with Crippen molar-refractivity contribution in [1.82, 2.24) is 14.8 Å². The molecule has 0 saturated heterocycles. The number of benzene rings is 3. The Morgan fingerprint density at radius 1 is 1.10 bits per heavy atom. The molecule has 4 amide bonds. The Labute approximate surface area is 247 Å². The van der Waals surface area contributed by atoms with Gasteiger partial charge in [0.2, 0.25) is 0 Å². The van der Waals surface area contributed by atoms with Crippen molar-refractivity contribution in [2.24, 2.45) is 5.92 Å². The third-order valence-corrected chi connectivity index (χ3v) is 8.29. The summed E-state index contributed by atoms with van der Waals surface area (Å²) in [4.78, 5) is 47.6. The molecule has 4 aromatic rings. The van der Waals surface area contributed by atoms with Crippen LogP contribution in [0.3, 0.4) is 0 Å². The standard InChI is InChI=1S/C31H33N5O5S/c1-19-16-36(20(2)18-37)30(39)22-12-9-14-24(33-28(38)29-34-23-13-7-8-15-26(23)42-29)27(22)41-25(19)17-35(3)31(40)32-21-10-5-4-6-11-21/h4-15,19-20,25,37H,16-18H2,1-3H3,(H,32,40)(H,33,38)/t19-,20+,25-/m1/s1. The lowest BCUT2D eigenvalue weighted by molar-refractivity contribution is 0.0372. The highest BCUT2D eigenvalue weighted by molar-refractivity contribution is 7.20. The molecule has 42 heavy (non-hydrogen) atoms. The Balaban J connectivity index is 1.45. The minimum absolute atomic E-state index is 0.203. The van der Waals surface area contributed by atoms with E-state index in [-0.39, 0.29) is 47.3 Å². The number of hydrogen-bond donors (Lipinski definition) is 3. The van der Waals surface area contributed by atoms with Crippen molar-refractivity contribution in [1.29, 1.82) is 0 Å². The molecule has 10 nitrogen and oxygen atoms in total. The van der Waals surface area contributed by atoms with E-state index in [9.17, 15) is 19.5 Å². The number of ether oxygens (including phenoxy) is 1. The molecule has 1 aliphatic rings. The zero-order valence-electron chi connectivity index (χ0n) is 23.6. The van der Waals surface area contributed by atoms with E-state index in [2.05, 4.69) is 15.6 Å². The van der Waals surface area contributed by atoms with Gasteiger partial charge >= 0.3 is 6.03 Å². The fraction of sp³-hybridized carbons (Fsp3) is 0.290. The third-order valence-electron chi connectivity index (χ3n) is 7.25. The van der Waals surface area contributed by atoms with Gasteiger partial charge in [-0.3, -0.25) is 9.59 Å². The van der Waals surface area contributed by atoms with Crippen LogP contribution in [0, 0.1) is 5.92 Å². The summed E-state index contributed by atoms with van der Waals surface area (Å²) in [6.45, 7) is 4.01. The summed E-state index contributed by atoms with van der Waals surface area (Å²) in [6, 6.07) is 20.9. The number of aromatic nitrogens is 1. The van der Waals surface area contributed by atoms with Crippen LogP contribution < -0.4 is 15.4 Å². The number of amides is 4. The van der Waals surface area contributed by atoms with Crippen LogP contribution in [0.2, 0.25) is 0 Å². The number of urea groups is 1. The van der Waals surface area contributed by atoms with Crippen LogP contribution in [-0.4, -0.2) is 76.6 Å². The monoisotopic (exact) mass is 587 g/mol. The number of carbonyl (C=O) groups excluding carboxylic acids is 3. The number of thiazole rings is 1. The number of nitrogens with zero attached hydrogens (tertiary/aromatic N) is 3. The van der Waals surface area contributed by atoms with Crippen LogP contribution in [0.25, 0.3) is 10.2 Å². The molecular formula is C31H33N5O5S. The van der Waals surface area contributed by atoms with E-state index in [1.54, 1.807) is 49.2 Å². The van der Waals surface area contributed by atoms with Gasteiger partial charge in [-0.1, -0.05) is 43.3 Å². The largest absolute Gasteiger partial charge is 0.485 e. The van der Waals surface area contributed by atoms with Crippen molar-refractivity contribution < 1.29 is 24.2 Å². The predicted octanol–water partition coefficient (Wildman–Crippen LogP) is 4.93. The smallest absolute Gasteiger partial charge is 0.321 e. The van der Waals surface area contributed by atoms with E-state index in [0.29, 0.717) is 17.9 Å². The van der Waals surface area contributed by atoms with Crippen LogP contribution in [0.15, 0.2) is 72.8 Å². The van der Waals surface area contributed by atoms with Crippen LogP contribution in [-0.2, 0) is 0 Å². The summed E-state index contributed by atoms with van der Waals surface area (Å²) in [6.07, 6.45) is -0.544. The predicted molar refractivity (Wildman–Crippen MR) is 163 cm³/mol. The zero-order chi connectivity index (χ0) is 29.8. The number of fused-ring (bicyclic) bond motifs is 2. The van der Waals surface area contributed by atoms with Crippen molar-refractivity contribution in [3.05, 3.63) is 83.4 Å². The first-order valence-electron chi connectivity index (χ1n) is 13.7. The van der Waals surface area contributed by atoms with Crippen molar-refractivity contribution in [2.75, 3.05) is 37.4 Å². The lowest BCUT2D eigenvalue weighted by Gasteiger charge is -2.38. The van der Waals surface area contributed by atoms with E-state index < -0.39 is 18.1 Å². The molecule has 0 unspecified atom stereocenters. The van der Waals surface area contributed by atoms with Gasteiger partial charge in [-0.25, -0.2) is 9.78 Å². The Kier molecular flexibility index (Phi) is 8.69. The third kappa shape index (κ3) is 6.22. The van der Waals surface area contributed by atoms with E-state index >= 15 is 0 Å². The van der Waals surface area contributed by atoms with Crippen molar-refractivity contribution in [3.8, 4) is 5.75 Å². The molecule has 0 radical (unpaired) electrons. The van der Waals surface area contributed by atoms with Gasteiger partial charge in [0.25, 0.3) is 11.8 Å². The first kappa shape index (κ1) is 29.0. The van der Waals surface area contributed by atoms with Crippen LogP contribution in [0.4, 0.5) is 16.2 Å². The van der Waals surface area contributed by atoms with Gasteiger partial charge in [0.15, 0.2) is 10.8 Å². The Morgan fingerprint density at radius 2 is 1.83 bits per heavy atom. The highest BCUT2D eigenvalue weighted by Crippen LogP contribution is 2.35. The fourth-order valence-electron chi connectivity index (χ4n) is 4.80. The second-order valence-electron chi connectivity index (χ2n) is 10.4. The topological polar surface area (TPSA) is 124 Å². The van der Waals surface area contributed by atoms with Crippen LogP contribution in [0.1, 0.15) is 34.0 Å². The number of carbonyl (C=O) groups is 3. The highest BCUT2D eigenvalue weighted by Gasteiger charge is 2.35. The Bertz CT molecular complexity index is 1560. The van der Waals surface area contributed by atoms with Crippen molar-refractivity contribution in [3.63, 3.8) is 0 Å². The maximum absolute atomic E-state index is 13.7. The van der Waals surface area contributed by atoms with Crippen LogP contribution >= 0.6 is 11.3 Å². The summed E-state index contributed by atoms with van der Waals surface area (Å²) in [5.74, 6) is -0.757. The quantitative estimate of drug-likeness (QED) is 0.282. The number of aliphatic hydroxyl groups is 1. The molecule has 0 aliphatic carbocycles. The Morgan fingerprint density at radius 3 is 2.57 bits per heavy atom. The summed E-state index contributed by atoms with van der Waals surface area (Å²) < 4.78 is 7.40. The number of hydrogen-bond acceptors (Lipinski definition) is 7. The molecule has 218 valence electrons. The number of likely N-dealkylation sites (N-methyl/N-ethyl adjacent to an activating group) is 1. The first-order valence-corrected chi connectivity index (χ1v) is 14.5. The van der Waals surface area contributed by atoms with E-state index in [0.717, 1.165) is 10.2 Å². The van der Waals surface area contributed by atoms with E-state index in [1.165, 1.54) is 16.2 Å². The molecule has 1 aliphatic heterocycles. The van der Waals surface area contributed by atoms with Crippen molar-refractivity contribution >= 4 is 50.8 Å². The molecular weight excluding hydrogens is 554 g/mol. The second-order valence-corrected chi connectivity index (χ2v) is 11.5. The maximum Gasteiger partial charge on any atom is 0.321 e. The number of para-hydroxylation sites is 3. The average molecular weight is 588 g/mol. The summed E-state index contributed by atoms with van der Waals surface area (Å²) in [5, 5.41) is 16.0. The number of aliphatic hydroxyl groups excluding tert-OH is 1. The van der Waals surface area contributed by atoms with E-state index in [4.69, 9.17) is 4.74 Å². The molecule has 3 atom stereocenters. The molecule has 3 N–H and O–H groups in total. The van der Waals surface area contributed by atoms with Gasteiger partial charge in [0.05, 0.1) is 40.7 Å². The minimum atomic E-state index is -0.544. The SMILES string of the molecule is C[C@@H]1CN([C@@H](C)CO)C(=O)c2cccc(NC(=O)c3nc4ccccc4s3)c2O[C@@H]1CN(C)C(=O)Nc1ccccc1. The summed E-state index contributed by atoms with van der Waals surface area (Å²) in [7, 11) is 1.67. The molecule has 1 aromatic heterocycles. The fourth-order valence-corrected chi connectivity index (χ4v) is 5.66. The molecule has 2 heterocycles. The van der Waals surface area contributed by atoms with Crippen LogP contribution in [0.5, 0.6) is 5.75 Å². The molecule has 0 saturated carbocycles. The normalized spacial score (nSPS) is 17.4. The highest BCUT2D eigenvalue weighted by atomic mass is 32.1. The number of nitrogens with one attached hydrogen (secondary N) is 2. The molecule has 11 heteroatoms. The summed E-state index contributed by atoms with van der Waals surface area (Å²) in [5.41, 5.74) is 1.96. The van der Waals surface area contributed by atoms with Crippen molar-refractivity contribution in [2.45, 2.75) is 26.0 Å². The maximum atomic E-state index is 13.7. The molecule has 0 fully saturated rings. The van der Waals surface area contributed by atoms with Gasteiger partial charge < -0.3 is 30.3 Å². The lowest BCUT2D eigenvalue weighted by atomic mass is 9.99. The minimum Gasteiger partial charge on any atom is -0.485 e. The van der Waals surface area contributed by atoms with Gasteiger partial charge in [0, 0.05) is 25.2 Å². The van der Waals surface area contributed by atoms with Gasteiger partial charge in [-0.15, -0.1) is 11.3 Å². The number of rotatable bonds is 7. The molecule has 0 bridgehead atoms. The number of anilines is 2. The molecule has 0 spiro atoms. The average Bonchev–Trinajstić information content (AvgIpc) is 3.44. The van der Waals surface area contributed by atoms with E-state index in [1.807, 2.05) is 49.4 Å². The zero-order valence-corrected chi connectivity index (χ0v) is 24.4. The molecule has 3 aromatic carbocycles. The lowest BCUT2D eigenvalue weighted by Crippen LogP contribution is -2.50.